The first-order chi connectivity index (χ1) is 14.1. The van der Waals surface area contributed by atoms with Gasteiger partial charge in [-0.15, -0.1) is 0 Å². The lowest BCUT2D eigenvalue weighted by Crippen LogP contribution is -2.43. The van der Waals surface area contributed by atoms with E-state index in [4.69, 9.17) is 5.73 Å². The fourth-order valence-corrected chi connectivity index (χ4v) is 3.86. The third-order valence-corrected chi connectivity index (χ3v) is 5.36. The number of nitriles is 1. The van der Waals surface area contributed by atoms with Crippen LogP contribution in [0.3, 0.4) is 0 Å². The number of benzene rings is 1. The van der Waals surface area contributed by atoms with Crippen molar-refractivity contribution in [1.29, 1.82) is 5.26 Å². The van der Waals surface area contributed by atoms with Gasteiger partial charge < -0.3 is 16.4 Å². The largest absolute Gasteiger partial charge is 0.365 e. The molecular weight excluding hydrogens is 366 g/mol. The maximum atomic E-state index is 12.5. The fraction of sp³-hybridized carbons (Fsp3) is 0.333. The molecule has 29 heavy (non-hydrogen) atoms. The van der Waals surface area contributed by atoms with Crippen molar-refractivity contribution < 1.29 is 0 Å². The molecule has 0 aliphatic heterocycles. The van der Waals surface area contributed by atoms with Crippen LogP contribution in [-0.2, 0) is 0 Å². The Bertz CT molecular complexity index is 1150. The number of aromatic nitrogens is 3. The summed E-state index contributed by atoms with van der Waals surface area (Å²) in [5.41, 5.74) is 8.06. The second-order valence-corrected chi connectivity index (χ2v) is 7.48. The quantitative estimate of drug-likeness (QED) is 0.539. The number of H-pyrrole nitrogens is 1. The monoisotopic (exact) mass is 389 g/mol. The summed E-state index contributed by atoms with van der Waals surface area (Å²) in [5, 5.41) is 23.5. The number of hydrogen-bond acceptors (Lipinski definition) is 7. The van der Waals surface area contributed by atoms with Crippen molar-refractivity contribution >= 4 is 28.1 Å². The Morgan fingerprint density at radius 1 is 1.28 bits per heavy atom. The summed E-state index contributed by atoms with van der Waals surface area (Å²) < 4.78 is 0. The average molecular weight is 389 g/mol. The number of aromatic amines is 1. The van der Waals surface area contributed by atoms with Crippen LogP contribution in [0.2, 0.25) is 0 Å². The molecule has 2 atom stereocenters. The molecule has 5 N–H and O–H groups in total. The van der Waals surface area contributed by atoms with Crippen molar-refractivity contribution in [3.05, 3.63) is 51.9 Å². The van der Waals surface area contributed by atoms with Gasteiger partial charge in [0, 0.05) is 23.2 Å². The van der Waals surface area contributed by atoms with Gasteiger partial charge in [0.05, 0.1) is 11.6 Å². The first-order valence-electron chi connectivity index (χ1n) is 9.74. The zero-order valence-corrected chi connectivity index (χ0v) is 16.2. The number of fused-ring (bicyclic) bond motifs is 1. The van der Waals surface area contributed by atoms with Crippen LogP contribution in [0.25, 0.3) is 10.8 Å². The Hall–Kier alpha value is -3.44. The number of nitrogens with two attached hydrogens (primary N) is 1. The van der Waals surface area contributed by atoms with Gasteiger partial charge in [-0.05, 0) is 37.5 Å². The van der Waals surface area contributed by atoms with Gasteiger partial charge in [0.1, 0.15) is 23.3 Å². The standard InChI is InChI=1S/C21H23N7O/c1-12-5-4-6-13(9-12)25-20-18-15(11-24-28-21(18)29)14(10-22)19(27-20)26-17-8-3-2-7-16(17)23/h4-6,9,11,16-17H,2-3,7-8,23H2,1H3,(H,28,29)(H2,25,26,27)/t16-,17+/m0/s1. The molecule has 0 radical (unpaired) electrons. The number of hydrogen-bond donors (Lipinski definition) is 4. The van der Waals surface area contributed by atoms with Gasteiger partial charge in [0.25, 0.3) is 5.56 Å². The van der Waals surface area contributed by atoms with E-state index in [1.165, 1.54) is 6.20 Å². The minimum Gasteiger partial charge on any atom is -0.365 e. The zero-order chi connectivity index (χ0) is 20.4. The molecule has 8 nitrogen and oxygen atoms in total. The molecule has 0 bridgehead atoms. The van der Waals surface area contributed by atoms with Gasteiger partial charge >= 0.3 is 0 Å². The summed E-state index contributed by atoms with van der Waals surface area (Å²) in [5.74, 6) is 0.796. The number of rotatable bonds is 4. The molecule has 0 saturated heterocycles. The maximum Gasteiger partial charge on any atom is 0.275 e. The van der Waals surface area contributed by atoms with E-state index < -0.39 is 5.56 Å². The molecule has 0 amide bonds. The van der Waals surface area contributed by atoms with Crippen LogP contribution in [-0.4, -0.2) is 27.3 Å². The number of nitrogens with one attached hydrogen (secondary N) is 3. The van der Waals surface area contributed by atoms with Crippen molar-refractivity contribution in [3.8, 4) is 6.07 Å². The van der Waals surface area contributed by atoms with E-state index in [1.807, 2.05) is 31.2 Å². The molecule has 1 aliphatic carbocycles. The number of pyridine rings is 1. The maximum absolute atomic E-state index is 12.5. The summed E-state index contributed by atoms with van der Waals surface area (Å²) in [6.45, 7) is 1.99. The molecule has 3 aromatic rings. The highest BCUT2D eigenvalue weighted by atomic mass is 16.1. The smallest absolute Gasteiger partial charge is 0.275 e. The van der Waals surface area contributed by atoms with E-state index in [1.54, 1.807) is 0 Å². The molecule has 1 aromatic carbocycles. The molecule has 4 rings (SSSR count). The molecule has 2 aromatic heterocycles. The zero-order valence-electron chi connectivity index (χ0n) is 16.2. The SMILES string of the molecule is Cc1cccc(Nc2nc(N[C@@H]3CCCC[C@@H]3N)c(C#N)c3cn[nH]c(=O)c23)c1. The Kier molecular flexibility index (Phi) is 5.14. The second kappa shape index (κ2) is 7.89. The normalized spacial score (nSPS) is 18.9. The first kappa shape index (κ1) is 18.9. The third kappa shape index (κ3) is 3.77. The van der Waals surface area contributed by atoms with E-state index in [0.717, 1.165) is 36.9 Å². The Labute approximate surface area is 168 Å². The summed E-state index contributed by atoms with van der Waals surface area (Å²) in [6.07, 6.45) is 5.53. The summed E-state index contributed by atoms with van der Waals surface area (Å²) in [7, 11) is 0. The first-order valence-corrected chi connectivity index (χ1v) is 9.74. The topological polar surface area (TPSA) is 133 Å². The highest BCUT2D eigenvalue weighted by Gasteiger charge is 2.25. The van der Waals surface area contributed by atoms with Gasteiger partial charge in [0.2, 0.25) is 0 Å². The molecule has 1 fully saturated rings. The number of nitrogens with zero attached hydrogens (tertiary/aromatic N) is 3. The molecule has 8 heteroatoms. The highest BCUT2D eigenvalue weighted by Crippen LogP contribution is 2.30. The van der Waals surface area contributed by atoms with E-state index in [0.29, 0.717) is 28.0 Å². The van der Waals surface area contributed by atoms with Crippen LogP contribution < -0.4 is 21.9 Å². The van der Waals surface area contributed by atoms with E-state index >= 15 is 0 Å². The van der Waals surface area contributed by atoms with Crippen LogP contribution in [0.1, 0.15) is 36.8 Å². The number of anilines is 3. The lowest BCUT2D eigenvalue weighted by molar-refractivity contribution is 0.403. The minimum absolute atomic E-state index is 0.00160. The summed E-state index contributed by atoms with van der Waals surface area (Å²) in [6, 6.07) is 9.99. The molecule has 2 heterocycles. The highest BCUT2D eigenvalue weighted by molar-refractivity contribution is 5.98. The Morgan fingerprint density at radius 3 is 2.86 bits per heavy atom. The van der Waals surface area contributed by atoms with Crippen LogP contribution in [0, 0.1) is 18.3 Å². The minimum atomic E-state index is -0.400. The van der Waals surface area contributed by atoms with Crippen LogP contribution in [0.15, 0.2) is 35.3 Å². The predicted molar refractivity (Wildman–Crippen MR) is 113 cm³/mol. The van der Waals surface area contributed by atoms with Crippen LogP contribution in [0.5, 0.6) is 0 Å². The lowest BCUT2D eigenvalue weighted by Gasteiger charge is -2.30. The van der Waals surface area contributed by atoms with Crippen molar-refractivity contribution in [2.45, 2.75) is 44.7 Å². The van der Waals surface area contributed by atoms with Crippen molar-refractivity contribution in [3.63, 3.8) is 0 Å². The van der Waals surface area contributed by atoms with Gasteiger partial charge in [-0.2, -0.15) is 10.4 Å². The summed E-state index contributed by atoms with van der Waals surface area (Å²) >= 11 is 0. The van der Waals surface area contributed by atoms with Gasteiger partial charge in [-0.1, -0.05) is 25.0 Å². The lowest BCUT2D eigenvalue weighted by atomic mass is 9.91. The van der Waals surface area contributed by atoms with Crippen molar-refractivity contribution in [2.75, 3.05) is 10.6 Å². The van der Waals surface area contributed by atoms with E-state index in [9.17, 15) is 10.1 Å². The van der Waals surface area contributed by atoms with Crippen molar-refractivity contribution in [2.24, 2.45) is 5.73 Å². The summed E-state index contributed by atoms with van der Waals surface area (Å²) in [4.78, 5) is 17.2. The van der Waals surface area contributed by atoms with E-state index in [2.05, 4.69) is 31.9 Å². The van der Waals surface area contributed by atoms with E-state index in [-0.39, 0.29) is 12.1 Å². The predicted octanol–water partition coefficient (Wildman–Crippen LogP) is 2.92. The van der Waals surface area contributed by atoms with Gasteiger partial charge in [0.15, 0.2) is 0 Å². The molecule has 0 unspecified atom stereocenters. The second-order valence-electron chi connectivity index (χ2n) is 7.48. The van der Waals surface area contributed by atoms with Crippen LogP contribution in [0.4, 0.5) is 17.3 Å². The molecule has 1 saturated carbocycles. The van der Waals surface area contributed by atoms with Gasteiger partial charge in [-0.25, -0.2) is 10.1 Å². The third-order valence-electron chi connectivity index (χ3n) is 5.36. The molecule has 0 spiro atoms. The van der Waals surface area contributed by atoms with Gasteiger partial charge in [-0.3, -0.25) is 4.79 Å². The Morgan fingerprint density at radius 2 is 2.10 bits per heavy atom. The molecular formula is C21H23N7O. The molecule has 148 valence electrons. The fourth-order valence-electron chi connectivity index (χ4n) is 3.86. The van der Waals surface area contributed by atoms with Crippen LogP contribution >= 0.6 is 0 Å². The van der Waals surface area contributed by atoms with Crippen molar-refractivity contribution in [1.82, 2.24) is 15.2 Å². The molecule has 1 aliphatic rings. The number of aryl methyl sites for hydroxylation is 1. The average Bonchev–Trinajstić information content (AvgIpc) is 2.70. The Balaban J connectivity index is 1.85.